The van der Waals surface area contributed by atoms with E-state index in [1.165, 1.54) is 0 Å². The van der Waals surface area contributed by atoms with Gasteiger partial charge in [0.15, 0.2) is 0 Å². The van der Waals surface area contributed by atoms with Crippen LogP contribution in [-0.2, 0) is 30.5 Å². The first-order valence-electron chi connectivity index (χ1n) is 10.6. The van der Waals surface area contributed by atoms with Gasteiger partial charge < -0.3 is 20.1 Å². The molecule has 0 bridgehead atoms. The summed E-state index contributed by atoms with van der Waals surface area (Å²) in [4.78, 5) is 49.4. The molecule has 0 aliphatic rings. The van der Waals surface area contributed by atoms with Crippen molar-refractivity contribution in [2.75, 3.05) is 6.61 Å². The van der Waals surface area contributed by atoms with Crippen molar-refractivity contribution in [3.8, 4) is 0 Å². The molecule has 2 amide bonds. The normalized spacial score (nSPS) is 12.7. The Kier molecular flexibility index (Phi) is 11.3. The summed E-state index contributed by atoms with van der Waals surface area (Å²) < 4.78 is 9.99. The Labute approximate surface area is 184 Å². The number of hydrogen-bond donors (Lipinski definition) is 2. The Morgan fingerprint density at radius 3 is 1.97 bits per heavy atom. The monoisotopic (exact) mass is 434 g/mol. The number of carbonyl (C=O) groups is 4. The second-order valence-electron chi connectivity index (χ2n) is 8.16. The van der Waals surface area contributed by atoms with Crippen LogP contribution in [0.25, 0.3) is 0 Å². The Morgan fingerprint density at radius 1 is 0.839 bits per heavy atom. The molecule has 0 saturated carbocycles. The van der Waals surface area contributed by atoms with E-state index < -0.39 is 35.8 Å². The maximum atomic E-state index is 12.9. The quantitative estimate of drug-likeness (QED) is 0.386. The zero-order chi connectivity index (χ0) is 23.4. The fourth-order valence-electron chi connectivity index (χ4n) is 2.93. The van der Waals surface area contributed by atoms with E-state index in [9.17, 15) is 19.2 Å². The molecule has 2 atom stereocenters. The first-order valence-corrected chi connectivity index (χ1v) is 10.6. The Balaban J connectivity index is 2.82. The Hall–Kier alpha value is -2.90. The number of alkyl carbamates (subject to hydrolysis) is 1. The van der Waals surface area contributed by atoms with E-state index in [2.05, 4.69) is 10.6 Å². The van der Waals surface area contributed by atoms with E-state index in [0.717, 1.165) is 5.56 Å². The SMILES string of the molecule is CCOC(=O)C(=O)[C@H](CC(C)C)NC(=O)[C@H](CC(C)C)NC(=O)OCc1ccccc1. The molecule has 0 heterocycles. The topological polar surface area (TPSA) is 111 Å². The van der Waals surface area contributed by atoms with E-state index in [4.69, 9.17) is 9.47 Å². The van der Waals surface area contributed by atoms with Crippen LogP contribution in [-0.4, -0.2) is 42.4 Å². The lowest BCUT2D eigenvalue weighted by Gasteiger charge is -2.24. The van der Waals surface area contributed by atoms with Gasteiger partial charge in [0.2, 0.25) is 5.91 Å². The van der Waals surface area contributed by atoms with Crippen LogP contribution in [0.3, 0.4) is 0 Å². The highest BCUT2D eigenvalue weighted by Crippen LogP contribution is 2.10. The van der Waals surface area contributed by atoms with Crippen LogP contribution in [0, 0.1) is 11.8 Å². The van der Waals surface area contributed by atoms with E-state index in [-0.39, 0.29) is 31.5 Å². The molecule has 31 heavy (non-hydrogen) atoms. The second-order valence-corrected chi connectivity index (χ2v) is 8.16. The van der Waals surface area contributed by atoms with Gasteiger partial charge in [-0.05, 0) is 37.2 Å². The number of rotatable bonds is 12. The number of esters is 1. The lowest BCUT2D eigenvalue weighted by atomic mass is 9.98. The third kappa shape index (κ3) is 10.1. The molecule has 0 aliphatic heterocycles. The minimum absolute atomic E-state index is 0.0519. The highest BCUT2D eigenvalue weighted by molar-refractivity contribution is 6.36. The van der Waals surface area contributed by atoms with E-state index in [0.29, 0.717) is 6.42 Å². The number of carbonyl (C=O) groups excluding carboxylic acids is 4. The number of Topliss-reactive ketones (excluding diaryl/α,β-unsaturated/α-hetero) is 1. The smallest absolute Gasteiger partial charge is 0.408 e. The molecule has 1 rings (SSSR count). The molecule has 0 radical (unpaired) electrons. The van der Waals surface area contributed by atoms with Gasteiger partial charge in [0.25, 0.3) is 5.78 Å². The Morgan fingerprint density at radius 2 is 1.42 bits per heavy atom. The van der Waals surface area contributed by atoms with Crippen molar-refractivity contribution in [2.45, 2.75) is 66.2 Å². The highest BCUT2D eigenvalue weighted by atomic mass is 16.5. The van der Waals surface area contributed by atoms with Crippen molar-refractivity contribution in [1.82, 2.24) is 10.6 Å². The van der Waals surface area contributed by atoms with Gasteiger partial charge >= 0.3 is 12.1 Å². The van der Waals surface area contributed by atoms with Gasteiger partial charge in [-0.2, -0.15) is 0 Å². The number of ketones is 1. The van der Waals surface area contributed by atoms with Crippen molar-refractivity contribution in [1.29, 1.82) is 0 Å². The number of benzene rings is 1. The van der Waals surface area contributed by atoms with Crippen molar-refractivity contribution in [3.05, 3.63) is 35.9 Å². The molecule has 1 aromatic carbocycles. The molecule has 8 nitrogen and oxygen atoms in total. The van der Waals surface area contributed by atoms with Gasteiger partial charge in [0.05, 0.1) is 12.6 Å². The molecule has 0 fully saturated rings. The average molecular weight is 435 g/mol. The van der Waals surface area contributed by atoms with Gasteiger partial charge in [-0.3, -0.25) is 9.59 Å². The zero-order valence-corrected chi connectivity index (χ0v) is 19.0. The number of amides is 2. The summed E-state index contributed by atoms with van der Waals surface area (Å²) >= 11 is 0. The minimum atomic E-state index is -1.02. The summed E-state index contributed by atoms with van der Waals surface area (Å²) in [5, 5.41) is 5.18. The summed E-state index contributed by atoms with van der Waals surface area (Å²) in [6.45, 7) is 9.31. The van der Waals surface area contributed by atoms with Gasteiger partial charge in [-0.25, -0.2) is 9.59 Å². The van der Waals surface area contributed by atoms with Gasteiger partial charge in [-0.1, -0.05) is 58.0 Å². The lowest BCUT2D eigenvalue weighted by Crippen LogP contribution is -2.53. The summed E-state index contributed by atoms with van der Waals surface area (Å²) in [5.74, 6) is -2.19. The predicted molar refractivity (Wildman–Crippen MR) is 116 cm³/mol. The van der Waals surface area contributed by atoms with Crippen molar-refractivity contribution in [3.63, 3.8) is 0 Å². The predicted octanol–water partition coefficient (Wildman–Crippen LogP) is 2.99. The standard InChI is InChI=1S/C23H34N2O6/c1-6-30-22(28)20(26)18(12-15(2)3)24-21(27)19(13-16(4)5)25-23(29)31-14-17-10-8-7-9-11-17/h7-11,15-16,18-19H,6,12-14H2,1-5H3,(H,24,27)(H,25,29)/t18-,19-/m0/s1. The van der Waals surface area contributed by atoms with Crippen LogP contribution < -0.4 is 10.6 Å². The van der Waals surface area contributed by atoms with Crippen molar-refractivity contribution < 1.29 is 28.7 Å². The fraction of sp³-hybridized carbons (Fsp3) is 0.565. The fourth-order valence-corrected chi connectivity index (χ4v) is 2.93. The molecule has 0 saturated heterocycles. The van der Waals surface area contributed by atoms with Crippen LogP contribution in [0.15, 0.2) is 30.3 Å². The number of hydrogen-bond acceptors (Lipinski definition) is 6. The summed E-state index contributed by atoms with van der Waals surface area (Å²) in [7, 11) is 0. The molecule has 2 N–H and O–H groups in total. The van der Waals surface area contributed by atoms with Crippen LogP contribution in [0.1, 0.15) is 53.0 Å². The maximum absolute atomic E-state index is 12.9. The van der Waals surface area contributed by atoms with Crippen molar-refractivity contribution >= 4 is 23.8 Å². The Bertz CT molecular complexity index is 733. The number of ether oxygens (including phenoxy) is 2. The zero-order valence-electron chi connectivity index (χ0n) is 19.0. The van der Waals surface area contributed by atoms with Gasteiger partial charge in [-0.15, -0.1) is 0 Å². The van der Waals surface area contributed by atoms with E-state index in [1.54, 1.807) is 6.92 Å². The maximum Gasteiger partial charge on any atom is 0.408 e. The molecule has 172 valence electrons. The summed E-state index contributed by atoms with van der Waals surface area (Å²) in [6, 6.07) is 7.24. The molecule has 1 aromatic rings. The van der Waals surface area contributed by atoms with Gasteiger partial charge in [0.1, 0.15) is 12.6 Å². The minimum Gasteiger partial charge on any atom is -0.460 e. The molecule has 0 aromatic heterocycles. The summed E-state index contributed by atoms with van der Waals surface area (Å²) in [6.07, 6.45) is -0.119. The van der Waals surface area contributed by atoms with Crippen LogP contribution in [0.5, 0.6) is 0 Å². The molecular weight excluding hydrogens is 400 g/mol. The van der Waals surface area contributed by atoms with Crippen LogP contribution in [0.2, 0.25) is 0 Å². The van der Waals surface area contributed by atoms with Crippen LogP contribution in [0.4, 0.5) is 4.79 Å². The molecule has 8 heteroatoms. The second kappa shape index (κ2) is 13.4. The lowest BCUT2D eigenvalue weighted by molar-refractivity contribution is -0.155. The molecule has 0 spiro atoms. The molecular formula is C23H34N2O6. The molecule has 0 aliphatic carbocycles. The average Bonchev–Trinajstić information content (AvgIpc) is 2.71. The van der Waals surface area contributed by atoms with Gasteiger partial charge in [0, 0.05) is 0 Å². The largest absolute Gasteiger partial charge is 0.460 e. The van der Waals surface area contributed by atoms with E-state index >= 15 is 0 Å². The third-order valence-corrected chi connectivity index (χ3v) is 4.35. The van der Waals surface area contributed by atoms with Crippen molar-refractivity contribution in [2.24, 2.45) is 11.8 Å². The third-order valence-electron chi connectivity index (χ3n) is 4.35. The first-order chi connectivity index (χ1) is 14.6. The van der Waals surface area contributed by atoms with Crippen LogP contribution >= 0.6 is 0 Å². The van der Waals surface area contributed by atoms with E-state index in [1.807, 2.05) is 58.0 Å². The molecule has 0 unspecified atom stereocenters. The summed E-state index contributed by atoms with van der Waals surface area (Å²) in [5.41, 5.74) is 0.819. The number of nitrogens with one attached hydrogen (secondary N) is 2. The first kappa shape index (κ1) is 26.1. The highest BCUT2D eigenvalue weighted by Gasteiger charge is 2.32.